The van der Waals surface area contributed by atoms with Crippen molar-refractivity contribution in [1.29, 1.82) is 0 Å². The molecule has 1 atom stereocenters. The summed E-state index contributed by atoms with van der Waals surface area (Å²) < 4.78 is 4.74. The molecule has 0 radical (unpaired) electrons. The van der Waals surface area contributed by atoms with Crippen LogP contribution in [0.2, 0.25) is 0 Å². The summed E-state index contributed by atoms with van der Waals surface area (Å²) in [5.74, 6) is -4.35. The minimum Gasteiger partial charge on any atom is -0.478 e. The first kappa shape index (κ1) is 27.0. The Hall–Kier alpha value is -4.64. The average Bonchev–Trinajstić information content (AvgIpc) is 2.89. The van der Waals surface area contributed by atoms with Crippen LogP contribution < -0.4 is 10.6 Å². The molecule has 37 heavy (non-hydrogen) atoms. The normalized spacial score (nSPS) is 11.2. The molecule has 11 heteroatoms. The first-order chi connectivity index (χ1) is 17.6. The molecular formula is C26H22N2O8S. The number of carboxylic acids is 2. The molecular weight excluding hydrogens is 500 g/mol. The van der Waals surface area contributed by atoms with Crippen LogP contribution in [0.5, 0.6) is 0 Å². The van der Waals surface area contributed by atoms with Crippen LogP contribution >= 0.6 is 11.8 Å². The van der Waals surface area contributed by atoms with Crippen LogP contribution in [0.1, 0.15) is 48.4 Å². The number of rotatable bonds is 9. The molecule has 0 fully saturated rings. The number of nitrogens with one attached hydrogen (secondary N) is 2. The largest absolute Gasteiger partial charge is 0.478 e. The maximum atomic E-state index is 12.7. The second kappa shape index (κ2) is 11.9. The number of carbonyl (C=O) groups is 5. The first-order valence-corrected chi connectivity index (χ1v) is 11.7. The third-order valence-electron chi connectivity index (χ3n) is 5.13. The number of benzene rings is 3. The molecule has 1 unspecified atom stereocenters. The van der Waals surface area contributed by atoms with Crippen LogP contribution in [0.15, 0.2) is 71.6 Å². The lowest BCUT2D eigenvalue weighted by Crippen LogP contribution is -2.23. The van der Waals surface area contributed by atoms with Crippen molar-refractivity contribution in [2.24, 2.45) is 0 Å². The van der Waals surface area contributed by atoms with E-state index in [4.69, 9.17) is 9.84 Å². The van der Waals surface area contributed by atoms with Crippen molar-refractivity contribution >= 4 is 52.9 Å². The number of anilines is 2. The van der Waals surface area contributed by atoms with Gasteiger partial charge in [-0.3, -0.25) is 9.59 Å². The van der Waals surface area contributed by atoms with Gasteiger partial charge >= 0.3 is 17.9 Å². The van der Waals surface area contributed by atoms with E-state index in [2.05, 4.69) is 10.6 Å². The van der Waals surface area contributed by atoms with E-state index in [1.165, 1.54) is 18.9 Å². The molecule has 3 aromatic rings. The van der Waals surface area contributed by atoms with Gasteiger partial charge < -0.3 is 25.6 Å². The highest BCUT2D eigenvalue weighted by atomic mass is 32.2. The van der Waals surface area contributed by atoms with Crippen molar-refractivity contribution in [3.8, 4) is 0 Å². The van der Waals surface area contributed by atoms with Gasteiger partial charge in [0.15, 0.2) is 0 Å². The number of aromatic carboxylic acids is 2. The molecule has 0 aliphatic rings. The maximum absolute atomic E-state index is 12.7. The van der Waals surface area contributed by atoms with Gasteiger partial charge in [-0.05, 0) is 61.5 Å². The topological polar surface area (TPSA) is 159 Å². The molecule has 4 N–H and O–H groups in total. The van der Waals surface area contributed by atoms with E-state index in [9.17, 15) is 29.1 Å². The van der Waals surface area contributed by atoms with E-state index in [1.54, 1.807) is 55.5 Å². The smallest absolute Gasteiger partial charge is 0.339 e. The van der Waals surface area contributed by atoms with E-state index in [-0.39, 0.29) is 22.6 Å². The second-order valence-electron chi connectivity index (χ2n) is 7.64. The zero-order valence-electron chi connectivity index (χ0n) is 19.7. The van der Waals surface area contributed by atoms with E-state index in [0.717, 1.165) is 23.1 Å². The van der Waals surface area contributed by atoms with Gasteiger partial charge in [-0.1, -0.05) is 12.1 Å². The van der Waals surface area contributed by atoms with Crippen molar-refractivity contribution in [3.05, 3.63) is 89.0 Å². The average molecular weight is 523 g/mol. The van der Waals surface area contributed by atoms with Crippen LogP contribution in [0.3, 0.4) is 0 Å². The van der Waals surface area contributed by atoms with Crippen LogP contribution in [0, 0.1) is 0 Å². The fourth-order valence-electron chi connectivity index (χ4n) is 3.24. The summed E-state index contributed by atoms with van der Waals surface area (Å²) >= 11 is 1.25. The van der Waals surface area contributed by atoms with E-state index in [0.29, 0.717) is 11.4 Å². The Labute approximate surface area is 215 Å². The standard InChI is InChI=1S/C26H22N2O8S/c1-14(22(29)28-21-6-4-3-5-19(21)26(35)36-2)37-17-10-8-16(9-11-17)27-23(30)18-12-7-15(24(31)32)13-20(18)25(33)34/h3-14H,1-2H3,(H,27,30)(H,28,29)(H,31,32)(H,33,34). The molecule has 0 aromatic heterocycles. The SMILES string of the molecule is COC(=O)c1ccccc1NC(=O)C(C)Sc1ccc(NC(=O)c2ccc(C(=O)O)cc2C(=O)O)cc1. The van der Waals surface area contributed by atoms with Crippen LogP contribution in [-0.2, 0) is 9.53 Å². The van der Waals surface area contributed by atoms with Gasteiger partial charge in [0.05, 0.1) is 40.3 Å². The Morgan fingerprint density at radius 1 is 0.811 bits per heavy atom. The van der Waals surface area contributed by atoms with E-state index >= 15 is 0 Å². The molecule has 0 heterocycles. The minimum atomic E-state index is -1.43. The maximum Gasteiger partial charge on any atom is 0.339 e. The number of ether oxygens (including phenoxy) is 1. The van der Waals surface area contributed by atoms with E-state index in [1.807, 2.05) is 0 Å². The Kier molecular flexibility index (Phi) is 8.64. The zero-order valence-corrected chi connectivity index (χ0v) is 20.5. The molecule has 0 spiro atoms. The predicted octanol–water partition coefficient (Wildman–Crippen LogP) is 4.24. The van der Waals surface area contributed by atoms with Gasteiger partial charge in [0.25, 0.3) is 5.91 Å². The Morgan fingerprint density at radius 3 is 2.11 bits per heavy atom. The Balaban J connectivity index is 1.66. The molecule has 0 saturated heterocycles. The molecule has 10 nitrogen and oxygen atoms in total. The highest BCUT2D eigenvalue weighted by Gasteiger charge is 2.20. The predicted molar refractivity (Wildman–Crippen MR) is 136 cm³/mol. The number of amides is 2. The molecule has 0 aliphatic carbocycles. The van der Waals surface area contributed by atoms with Crippen LogP contribution in [-0.4, -0.2) is 52.3 Å². The molecule has 3 rings (SSSR count). The summed E-state index contributed by atoms with van der Waals surface area (Å²) in [5, 5.41) is 23.2. The van der Waals surface area contributed by atoms with Gasteiger partial charge in [-0.2, -0.15) is 0 Å². The van der Waals surface area contributed by atoms with E-state index < -0.39 is 34.6 Å². The first-order valence-electron chi connectivity index (χ1n) is 10.8. The highest BCUT2D eigenvalue weighted by Crippen LogP contribution is 2.27. The Bertz CT molecular complexity index is 1370. The van der Waals surface area contributed by atoms with Gasteiger partial charge in [0.2, 0.25) is 5.91 Å². The molecule has 3 aromatic carbocycles. The third-order valence-corrected chi connectivity index (χ3v) is 6.24. The zero-order chi connectivity index (χ0) is 27.1. The number of esters is 1. The lowest BCUT2D eigenvalue weighted by atomic mass is 10.0. The van der Waals surface area contributed by atoms with Crippen molar-refractivity contribution < 1.29 is 38.9 Å². The van der Waals surface area contributed by atoms with Crippen molar-refractivity contribution in [2.45, 2.75) is 17.1 Å². The lowest BCUT2D eigenvalue weighted by molar-refractivity contribution is -0.115. The third kappa shape index (κ3) is 6.73. The number of hydrogen-bond acceptors (Lipinski definition) is 7. The summed E-state index contributed by atoms with van der Waals surface area (Å²) in [6.45, 7) is 1.70. The van der Waals surface area contributed by atoms with Gasteiger partial charge in [0, 0.05) is 10.6 Å². The molecule has 2 amide bonds. The van der Waals surface area contributed by atoms with Crippen molar-refractivity contribution in [3.63, 3.8) is 0 Å². The lowest BCUT2D eigenvalue weighted by Gasteiger charge is -2.14. The number of carboxylic acid groups (broad SMARTS) is 2. The number of methoxy groups -OCH3 is 1. The molecule has 0 saturated carbocycles. The summed E-state index contributed by atoms with van der Waals surface area (Å²) in [6.07, 6.45) is 0. The monoisotopic (exact) mass is 522 g/mol. The fraction of sp³-hybridized carbons (Fsp3) is 0.115. The minimum absolute atomic E-state index is 0.187. The van der Waals surface area contributed by atoms with Crippen LogP contribution in [0.4, 0.5) is 11.4 Å². The number of carbonyl (C=O) groups excluding carboxylic acids is 3. The van der Waals surface area contributed by atoms with Crippen molar-refractivity contribution in [2.75, 3.05) is 17.7 Å². The van der Waals surface area contributed by atoms with Gasteiger partial charge in [-0.25, -0.2) is 14.4 Å². The number of para-hydroxylation sites is 1. The number of hydrogen-bond donors (Lipinski definition) is 4. The summed E-state index contributed by atoms with van der Waals surface area (Å²) in [7, 11) is 1.26. The molecule has 0 bridgehead atoms. The summed E-state index contributed by atoms with van der Waals surface area (Å²) in [6, 6.07) is 16.2. The molecule has 0 aliphatic heterocycles. The van der Waals surface area contributed by atoms with Gasteiger partial charge in [0.1, 0.15) is 0 Å². The molecule has 190 valence electrons. The van der Waals surface area contributed by atoms with Gasteiger partial charge in [-0.15, -0.1) is 11.8 Å². The quantitative estimate of drug-likeness (QED) is 0.238. The fourth-order valence-corrected chi connectivity index (χ4v) is 4.11. The van der Waals surface area contributed by atoms with Crippen LogP contribution in [0.25, 0.3) is 0 Å². The Morgan fingerprint density at radius 2 is 1.49 bits per heavy atom. The highest BCUT2D eigenvalue weighted by molar-refractivity contribution is 8.00. The summed E-state index contributed by atoms with van der Waals surface area (Å²) in [5.41, 5.74) is 0.0762. The summed E-state index contributed by atoms with van der Waals surface area (Å²) in [4.78, 5) is 60.5. The second-order valence-corrected chi connectivity index (χ2v) is 9.05. The van der Waals surface area contributed by atoms with Crippen molar-refractivity contribution in [1.82, 2.24) is 0 Å². The number of thioether (sulfide) groups is 1.